The molecule has 2 aromatic rings. The van der Waals surface area contributed by atoms with Crippen molar-refractivity contribution in [1.82, 2.24) is 9.62 Å². The molecule has 1 saturated carbocycles. The normalized spacial score (nSPS) is 27.5. The molecule has 2 atom stereocenters. The van der Waals surface area contributed by atoms with Gasteiger partial charge in [-0.25, -0.2) is 17.6 Å². The van der Waals surface area contributed by atoms with Crippen LogP contribution in [0.2, 0.25) is 0 Å². The van der Waals surface area contributed by atoms with Gasteiger partial charge in [-0.05, 0) is 83.4 Å². The molecular weight excluding hydrogens is 517 g/mol. The lowest BCUT2D eigenvalue weighted by Crippen LogP contribution is -2.45. The number of halogens is 1. The van der Waals surface area contributed by atoms with Crippen molar-refractivity contribution in [2.45, 2.75) is 101 Å². The number of hydrogen-bond acceptors (Lipinski definition) is 5. The Labute approximate surface area is 231 Å². The van der Waals surface area contributed by atoms with E-state index in [4.69, 9.17) is 10.1 Å². The average Bonchev–Trinajstić information content (AvgIpc) is 2.87. The number of sulfonamides is 1. The predicted octanol–water partition coefficient (Wildman–Crippen LogP) is 6.24. The van der Waals surface area contributed by atoms with Gasteiger partial charge in [-0.15, -0.1) is 0 Å². The Hall–Kier alpha value is -2.78. The van der Waals surface area contributed by atoms with Crippen molar-refractivity contribution in [2.24, 2.45) is 0 Å². The Kier molecular flexibility index (Phi) is 8.52. The number of carbonyl (C=O) groups is 1. The van der Waals surface area contributed by atoms with E-state index in [1.54, 1.807) is 6.07 Å². The van der Waals surface area contributed by atoms with Gasteiger partial charge in [0.05, 0.1) is 0 Å². The Morgan fingerprint density at radius 3 is 2.38 bits per heavy atom. The standard InChI is InChI=1S/C30H40FN3O4S/c1-21-10-13-27(22-8-6-5-7-9-22)39(36,37)34(21)19-23-11-12-24(18-26(23)31)30(20-32)16-14-25(15-17-30)33-28(35)38-29(2,3)4/h5-9,11-12,18,20-21,25,27,32H,10,13-17,19H2,1-4H3,(H,33,35)/t21-,25-,27+,30-/m0/s1. The van der Waals surface area contributed by atoms with Crippen LogP contribution in [0.5, 0.6) is 0 Å². The zero-order valence-corrected chi connectivity index (χ0v) is 24.1. The van der Waals surface area contributed by atoms with E-state index in [9.17, 15) is 13.2 Å². The third kappa shape index (κ3) is 6.52. The van der Waals surface area contributed by atoms with Gasteiger partial charge in [0.25, 0.3) is 0 Å². The molecule has 1 amide bonds. The third-order valence-electron chi connectivity index (χ3n) is 8.03. The van der Waals surface area contributed by atoms with Crippen LogP contribution >= 0.6 is 0 Å². The van der Waals surface area contributed by atoms with Crippen LogP contribution < -0.4 is 5.32 Å². The molecule has 212 valence electrons. The van der Waals surface area contributed by atoms with Gasteiger partial charge in [-0.1, -0.05) is 42.5 Å². The highest BCUT2D eigenvalue weighted by molar-refractivity contribution is 7.89. The van der Waals surface area contributed by atoms with Crippen molar-refractivity contribution < 1.29 is 22.3 Å². The highest BCUT2D eigenvalue weighted by Gasteiger charge is 2.41. The summed E-state index contributed by atoms with van der Waals surface area (Å²) in [7, 11) is -3.67. The van der Waals surface area contributed by atoms with Gasteiger partial charge in [-0.3, -0.25) is 0 Å². The second-order valence-electron chi connectivity index (χ2n) is 11.9. The molecule has 2 aliphatic rings. The number of nitrogens with one attached hydrogen (secondary N) is 2. The van der Waals surface area contributed by atoms with Crippen LogP contribution in [0.25, 0.3) is 0 Å². The van der Waals surface area contributed by atoms with Crippen LogP contribution in [0.1, 0.15) is 88.2 Å². The molecular formula is C30H40FN3O4S. The maximum atomic E-state index is 15.5. The fourth-order valence-corrected chi connectivity index (χ4v) is 7.96. The smallest absolute Gasteiger partial charge is 0.407 e. The summed E-state index contributed by atoms with van der Waals surface area (Å²) < 4.78 is 49.4. The number of benzene rings is 2. The lowest BCUT2D eigenvalue weighted by atomic mass is 9.69. The summed E-state index contributed by atoms with van der Waals surface area (Å²) >= 11 is 0. The lowest BCUT2D eigenvalue weighted by molar-refractivity contribution is 0.0488. The first-order chi connectivity index (χ1) is 18.3. The molecule has 0 spiro atoms. The predicted molar refractivity (Wildman–Crippen MR) is 151 cm³/mol. The van der Waals surface area contributed by atoms with Gasteiger partial charge in [-0.2, -0.15) is 4.31 Å². The van der Waals surface area contributed by atoms with Crippen molar-refractivity contribution in [3.8, 4) is 0 Å². The van der Waals surface area contributed by atoms with Crippen molar-refractivity contribution in [3.63, 3.8) is 0 Å². The highest BCUT2D eigenvalue weighted by atomic mass is 32.2. The molecule has 9 heteroatoms. The SMILES string of the molecule is C[C@H]1CC[C@H](c2ccccc2)S(=O)(=O)N1Cc1ccc([C@]2(C=N)CC[C@@H](NC(=O)OC(C)(C)C)CC2)cc1F. The number of alkyl carbamates (subject to hydrolysis) is 1. The molecule has 0 aromatic heterocycles. The molecule has 2 fully saturated rings. The van der Waals surface area contributed by atoms with Crippen molar-refractivity contribution in [3.05, 3.63) is 71.0 Å². The quantitative estimate of drug-likeness (QED) is 0.411. The first-order valence-electron chi connectivity index (χ1n) is 13.7. The van der Waals surface area contributed by atoms with Gasteiger partial charge < -0.3 is 15.5 Å². The van der Waals surface area contributed by atoms with E-state index in [1.807, 2.05) is 64.1 Å². The molecule has 4 rings (SSSR count). The molecule has 2 aromatic carbocycles. The van der Waals surface area contributed by atoms with Gasteiger partial charge >= 0.3 is 6.09 Å². The molecule has 0 unspecified atom stereocenters. The largest absolute Gasteiger partial charge is 0.444 e. The van der Waals surface area contributed by atoms with E-state index in [0.29, 0.717) is 49.7 Å². The van der Waals surface area contributed by atoms with Gasteiger partial charge in [0.15, 0.2) is 0 Å². The number of amides is 1. The minimum Gasteiger partial charge on any atom is -0.444 e. The molecule has 39 heavy (non-hydrogen) atoms. The fraction of sp³-hybridized carbons (Fsp3) is 0.533. The van der Waals surface area contributed by atoms with Crippen LogP contribution in [0, 0.1) is 11.2 Å². The first-order valence-corrected chi connectivity index (χ1v) is 15.2. The van der Waals surface area contributed by atoms with E-state index in [-0.39, 0.29) is 18.6 Å². The van der Waals surface area contributed by atoms with E-state index in [2.05, 4.69) is 5.32 Å². The van der Waals surface area contributed by atoms with E-state index < -0.39 is 38.2 Å². The van der Waals surface area contributed by atoms with Crippen LogP contribution in [-0.4, -0.2) is 42.7 Å². The lowest BCUT2D eigenvalue weighted by Gasteiger charge is -2.39. The van der Waals surface area contributed by atoms with Crippen LogP contribution in [0.15, 0.2) is 48.5 Å². The topological polar surface area (TPSA) is 99.6 Å². The minimum atomic E-state index is -3.67. The molecule has 7 nitrogen and oxygen atoms in total. The first kappa shape index (κ1) is 29.2. The summed E-state index contributed by atoms with van der Waals surface area (Å²) in [6.45, 7) is 7.29. The zero-order chi connectivity index (χ0) is 28.4. The Bertz CT molecular complexity index is 1290. The third-order valence-corrected chi connectivity index (χ3v) is 10.4. The van der Waals surface area contributed by atoms with E-state index in [0.717, 1.165) is 5.56 Å². The second kappa shape index (κ2) is 11.4. The summed E-state index contributed by atoms with van der Waals surface area (Å²) in [4.78, 5) is 12.2. The summed E-state index contributed by atoms with van der Waals surface area (Å²) in [6.07, 6.45) is 4.63. The summed E-state index contributed by atoms with van der Waals surface area (Å²) in [5.41, 5.74) is 0.572. The molecule has 1 heterocycles. The van der Waals surface area contributed by atoms with Crippen LogP contribution in [-0.2, 0) is 26.7 Å². The second-order valence-corrected chi connectivity index (χ2v) is 14.0. The average molecular weight is 558 g/mol. The van der Waals surface area contributed by atoms with Gasteiger partial charge in [0.1, 0.15) is 16.7 Å². The minimum absolute atomic E-state index is 0.0293. The number of ether oxygens (including phenoxy) is 1. The summed E-state index contributed by atoms with van der Waals surface area (Å²) in [6, 6.07) is 13.9. The number of rotatable bonds is 6. The molecule has 0 radical (unpaired) electrons. The van der Waals surface area contributed by atoms with E-state index in [1.165, 1.54) is 16.6 Å². The van der Waals surface area contributed by atoms with Crippen molar-refractivity contribution >= 4 is 22.3 Å². The molecule has 1 aliphatic carbocycles. The van der Waals surface area contributed by atoms with Crippen LogP contribution in [0.4, 0.5) is 9.18 Å². The zero-order valence-electron chi connectivity index (χ0n) is 23.2. The Morgan fingerprint density at radius 2 is 1.79 bits per heavy atom. The molecule has 1 aliphatic heterocycles. The monoisotopic (exact) mass is 557 g/mol. The van der Waals surface area contributed by atoms with Gasteiger partial charge in [0.2, 0.25) is 10.0 Å². The van der Waals surface area contributed by atoms with Crippen molar-refractivity contribution in [1.29, 1.82) is 5.41 Å². The number of carbonyl (C=O) groups excluding carboxylic acids is 1. The maximum Gasteiger partial charge on any atom is 0.407 e. The van der Waals surface area contributed by atoms with Crippen molar-refractivity contribution in [2.75, 3.05) is 0 Å². The van der Waals surface area contributed by atoms with Crippen LogP contribution in [0.3, 0.4) is 0 Å². The Balaban J connectivity index is 1.47. The fourth-order valence-electron chi connectivity index (χ4n) is 5.77. The maximum absolute atomic E-state index is 15.5. The van der Waals surface area contributed by atoms with Gasteiger partial charge in [0, 0.05) is 35.8 Å². The molecule has 2 N–H and O–H groups in total. The highest BCUT2D eigenvalue weighted by Crippen LogP contribution is 2.40. The number of hydrogen-bond donors (Lipinski definition) is 2. The summed E-state index contributed by atoms with van der Waals surface area (Å²) in [5.74, 6) is -0.466. The Morgan fingerprint density at radius 1 is 1.13 bits per heavy atom. The van der Waals surface area contributed by atoms with E-state index >= 15 is 4.39 Å². The number of nitrogens with zero attached hydrogens (tertiary/aromatic N) is 1. The molecule has 1 saturated heterocycles. The summed E-state index contributed by atoms with van der Waals surface area (Å²) in [5, 5.41) is 10.4. The molecule has 0 bridgehead atoms.